The van der Waals surface area contributed by atoms with Crippen molar-refractivity contribution in [3.05, 3.63) is 66.2 Å². The molecule has 2 aromatic carbocycles. The Bertz CT molecular complexity index is 637. The second-order valence-corrected chi connectivity index (χ2v) is 4.80. The lowest BCUT2D eigenvalue weighted by atomic mass is 10.00. The zero-order chi connectivity index (χ0) is 14.5. The van der Waals surface area contributed by atoms with Crippen molar-refractivity contribution in [2.24, 2.45) is 10.7 Å². The number of aryl methyl sites for hydroxylation is 2. The summed E-state index contributed by atoms with van der Waals surface area (Å²) in [6.07, 6.45) is 2.48. The molecular weight excluding hydrogens is 244 g/mol. The van der Waals surface area contributed by atoms with Crippen LogP contribution in [-0.2, 0) is 6.42 Å². The fourth-order valence-corrected chi connectivity index (χ4v) is 2.09. The summed E-state index contributed by atoms with van der Waals surface area (Å²) in [4.78, 5) is 4.37. The maximum Gasteiger partial charge on any atom is 0.123 e. The van der Waals surface area contributed by atoms with Gasteiger partial charge in [-0.15, -0.1) is 0 Å². The molecule has 0 spiro atoms. The Balaban J connectivity index is 2.43. The van der Waals surface area contributed by atoms with Gasteiger partial charge < -0.3 is 5.73 Å². The van der Waals surface area contributed by atoms with E-state index >= 15 is 0 Å². The van der Waals surface area contributed by atoms with Crippen LogP contribution in [0, 0.1) is 6.92 Å². The summed E-state index contributed by atoms with van der Waals surface area (Å²) in [5, 5.41) is 0. The van der Waals surface area contributed by atoms with Crippen molar-refractivity contribution in [2.75, 3.05) is 0 Å². The SMILES string of the molecule is C=CC(N)=Nc1ccc(-c2ccc(C)cc2)cc1CC. The quantitative estimate of drug-likeness (QED) is 0.645. The zero-order valence-corrected chi connectivity index (χ0v) is 12.1. The van der Waals surface area contributed by atoms with E-state index in [1.807, 2.05) is 6.07 Å². The fraction of sp³-hybridized carbons (Fsp3) is 0.167. The van der Waals surface area contributed by atoms with Crippen molar-refractivity contribution in [2.45, 2.75) is 20.3 Å². The molecule has 0 saturated carbocycles. The smallest absolute Gasteiger partial charge is 0.123 e. The van der Waals surface area contributed by atoms with Gasteiger partial charge in [-0.2, -0.15) is 0 Å². The van der Waals surface area contributed by atoms with E-state index in [4.69, 9.17) is 5.73 Å². The van der Waals surface area contributed by atoms with Crippen LogP contribution in [0.25, 0.3) is 11.1 Å². The highest BCUT2D eigenvalue weighted by molar-refractivity contribution is 5.93. The zero-order valence-electron chi connectivity index (χ0n) is 12.1. The van der Waals surface area contributed by atoms with Crippen LogP contribution in [0.5, 0.6) is 0 Å². The Morgan fingerprint density at radius 3 is 2.40 bits per heavy atom. The van der Waals surface area contributed by atoms with E-state index in [1.54, 1.807) is 6.08 Å². The Hall–Kier alpha value is -2.35. The minimum absolute atomic E-state index is 0.447. The van der Waals surface area contributed by atoms with Crippen molar-refractivity contribution >= 4 is 11.5 Å². The van der Waals surface area contributed by atoms with Crippen LogP contribution in [0.1, 0.15) is 18.1 Å². The lowest BCUT2D eigenvalue weighted by Crippen LogP contribution is -2.06. The highest BCUT2D eigenvalue weighted by atomic mass is 14.8. The summed E-state index contributed by atoms with van der Waals surface area (Å²) >= 11 is 0. The number of nitrogens with zero attached hydrogens (tertiary/aromatic N) is 1. The minimum atomic E-state index is 0.447. The molecular formula is C18H20N2. The normalized spacial score (nSPS) is 11.4. The molecule has 0 heterocycles. The lowest BCUT2D eigenvalue weighted by molar-refractivity contribution is 1.13. The number of benzene rings is 2. The number of aliphatic imine (C=N–C) groups is 1. The van der Waals surface area contributed by atoms with Crippen molar-refractivity contribution in [3.8, 4) is 11.1 Å². The van der Waals surface area contributed by atoms with Crippen LogP contribution in [-0.4, -0.2) is 5.84 Å². The average molecular weight is 264 g/mol. The predicted molar refractivity (Wildman–Crippen MR) is 87.5 cm³/mol. The molecule has 2 nitrogen and oxygen atoms in total. The molecule has 20 heavy (non-hydrogen) atoms. The first-order chi connectivity index (χ1) is 9.63. The molecule has 2 heteroatoms. The van der Waals surface area contributed by atoms with Crippen LogP contribution < -0.4 is 5.73 Å². The molecule has 0 radical (unpaired) electrons. The summed E-state index contributed by atoms with van der Waals surface area (Å²) < 4.78 is 0. The van der Waals surface area contributed by atoms with Crippen molar-refractivity contribution in [1.29, 1.82) is 0 Å². The summed E-state index contributed by atoms with van der Waals surface area (Å²) in [5.41, 5.74) is 11.5. The Morgan fingerprint density at radius 1 is 1.15 bits per heavy atom. The second-order valence-electron chi connectivity index (χ2n) is 4.80. The van der Waals surface area contributed by atoms with Crippen LogP contribution in [0.2, 0.25) is 0 Å². The third-order valence-corrected chi connectivity index (χ3v) is 3.30. The van der Waals surface area contributed by atoms with Gasteiger partial charge >= 0.3 is 0 Å². The molecule has 0 amide bonds. The third kappa shape index (κ3) is 3.15. The predicted octanol–water partition coefficient (Wildman–Crippen LogP) is 4.40. The van der Waals surface area contributed by atoms with E-state index in [-0.39, 0.29) is 0 Å². The number of nitrogens with two attached hydrogens (primary N) is 1. The summed E-state index contributed by atoms with van der Waals surface area (Å²) in [7, 11) is 0. The first-order valence-corrected chi connectivity index (χ1v) is 6.80. The monoisotopic (exact) mass is 264 g/mol. The van der Waals surface area contributed by atoms with Crippen LogP contribution >= 0.6 is 0 Å². The van der Waals surface area contributed by atoms with Crippen LogP contribution in [0.15, 0.2) is 60.1 Å². The molecule has 2 rings (SSSR count). The molecule has 2 N–H and O–H groups in total. The second kappa shape index (κ2) is 6.20. The van der Waals surface area contributed by atoms with Gasteiger partial charge in [0.2, 0.25) is 0 Å². The fourth-order valence-electron chi connectivity index (χ4n) is 2.09. The Morgan fingerprint density at radius 2 is 1.80 bits per heavy atom. The summed E-state index contributed by atoms with van der Waals surface area (Å²) in [6, 6.07) is 14.8. The standard InChI is InChI=1S/C18H20N2/c1-4-14-12-16(15-8-6-13(3)7-9-15)10-11-17(14)20-18(19)5-2/h5-12H,2,4H2,1,3H3,(H2,19,20). The summed E-state index contributed by atoms with van der Waals surface area (Å²) in [5.74, 6) is 0.447. The number of rotatable bonds is 4. The molecule has 0 fully saturated rings. The van der Waals surface area contributed by atoms with Crippen LogP contribution in [0.4, 0.5) is 5.69 Å². The van der Waals surface area contributed by atoms with E-state index in [2.05, 4.69) is 61.8 Å². The van der Waals surface area contributed by atoms with Gasteiger partial charge in [-0.25, -0.2) is 4.99 Å². The van der Waals surface area contributed by atoms with Gasteiger partial charge in [0, 0.05) is 0 Å². The molecule has 0 saturated heterocycles. The molecule has 2 aromatic rings. The average Bonchev–Trinajstić information content (AvgIpc) is 2.48. The molecule has 0 atom stereocenters. The first-order valence-electron chi connectivity index (χ1n) is 6.80. The highest BCUT2D eigenvalue weighted by Crippen LogP contribution is 2.27. The highest BCUT2D eigenvalue weighted by Gasteiger charge is 2.04. The van der Waals surface area contributed by atoms with Gasteiger partial charge in [0.25, 0.3) is 0 Å². The molecule has 0 bridgehead atoms. The first kappa shape index (κ1) is 14.1. The van der Waals surface area contributed by atoms with Crippen LogP contribution in [0.3, 0.4) is 0 Å². The van der Waals surface area contributed by atoms with Gasteiger partial charge in [0.1, 0.15) is 5.84 Å². The number of hydrogen-bond acceptors (Lipinski definition) is 1. The Labute approximate surface area is 120 Å². The van der Waals surface area contributed by atoms with E-state index in [0.29, 0.717) is 5.84 Å². The molecule has 0 aromatic heterocycles. The minimum Gasteiger partial charge on any atom is -0.384 e. The van der Waals surface area contributed by atoms with E-state index in [1.165, 1.54) is 22.3 Å². The lowest BCUT2D eigenvalue weighted by Gasteiger charge is -2.08. The molecule has 0 aliphatic rings. The summed E-state index contributed by atoms with van der Waals surface area (Å²) in [6.45, 7) is 7.85. The maximum atomic E-state index is 5.73. The third-order valence-electron chi connectivity index (χ3n) is 3.30. The van der Waals surface area contributed by atoms with E-state index in [9.17, 15) is 0 Å². The molecule has 0 aliphatic heterocycles. The maximum absolute atomic E-state index is 5.73. The number of amidine groups is 1. The van der Waals surface area contributed by atoms with E-state index in [0.717, 1.165) is 12.1 Å². The van der Waals surface area contributed by atoms with Gasteiger partial charge in [-0.3, -0.25) is 0 Å². The molecule has 0 aliphatic carbocycles. The molecule has 102 valence electrons. The van der Waals surface area contributed by atoms with Gasteiger partial charge in [0.15, 0.2) is 0 Å². The van der Waals surface area contributed by atoms with Gasteiger partial charge in [-0.1, -0.05) is 49.4 Å². The van der Waals surface area contributed by atoms with Gasteiger partial charge in [-0.05, 0) is 48.2 Å². The largest absolute Gasteiger partial charge is 0.384 e. The van der Waals surface area contributed by atoms with E-state index < -0.39 is 0 Å². The topological polar surface area (TPSA) is 38.4 Å². The van der Waals surface area contributed by atoms with Crippen molar-refractivity contribution < 1.29 is 0 Å². The Kier molecular flexibility index (Phi) is 4.36. The number of hydrogen-bond donors (Lipinski definition) is 1. The van der Waals surface area contributed by atoms with Gasteiger partial charge in [0.05, 0.1) is 5.69 Å². The molecule has 0 unspecified atom stereocenters. The van der Waals surface area contributed by atoms with Crippen molar-refractivity contribution in [1.82, 2.24) is 0 Å². The van der Waals surface area contributed by atoms with Crippen molar-refractivity contribution in [3.63, 3.8) is 0 Å².